The van der Waals surface area contributed by atoms with Crippen molar-refractivity contribution in [1.29, 1.82) is 0 Å². The summed E-state index contributed by atoms with van der Waals surface area (Å²) >= 11 is 5.96. The molecule has 0 N–H and O–H groups in total. The second-order valence-corrected chi connectivity index (χ2v) is 6.85. The van der Waals surface area contributed by atoms with Gasteiger partial charge in [-0.1, -0.05) is 11.6 Å². The molecular weight excluding hydrogens is 385 g/mol. The van der Waals surface area contributed by atoms with Crippen molar-refractivity contribution in [3.63, 3.8) is 0 Å². The lowest BCUT2D eigenvalue weighted by Gasteiger charge is -2.34. The van der Waals surface area contributed by atoms with E-state index in [0.29, 0.717) is 49.9 Å². The van der Waals surface area contributed by atoms with Crippen LogP contribution in [-0.4, -0.2) is 74.4 Å². The molecule has 1 amide bonds. The number of carbonyl (C=O) groups excluding carboxylic acids is 1. The minimum Gasteiger partial charge on any atom is -0.484 e. The molecule has 1 aliphatic heterocycles. The summed E-state index contributed by atoms with van der Waals surface area (Å²) < 4.78 is 46.1. The quantitative estimate of drug-likeness (QED) is 0.620. The first-order valence-electron chi connectivity index (χ1n) is 8.78. The highest BCUT2D eigenvalue weighted by molar-refractivity contribution is 6.31. The minimum absolute atomic E-state index is 0.0354. The molecule has 5 nitrogen and oxygen atoms in total. The van der Waals surface area contributed by atoms with Crippen LogP contribution in [0.15, 0.2) is 18.2 Å². The summed E-state index contributed by atoms with van der Waals surface area (Å²) in [4.78, 5) is 16.1. The van der Waals surface area contributed by atoms with Crippen LogP contribution in [0.4, 0.5) is 13.2 Å². The molecule has 0 spiro atoms. The van der Waals surface area contributed by atoms with Crippen LogP contribution in [0.1, 0.15) is 12.0 Å². The summed E-state index contributed by atoms with van der Waals surface area (Å²) in [6, 6.07) is 5.24. The van der Waals surface area contributed by atoms with E-state index in [2.05, 4.69) is 9.64 Å². The van der Waals surface area contributed by atoms with Crippen molar-refractivity contribution in [3.05, 3.63) is 28.8 Å². The van der Waals surface area contributed by atoms with Crippen molar-refractivity contribution >= 4 is 17.5 Å². The molecule has 0 unspecified atom stereocenters. The molecule has 1 aromatic carbocycles. The number of nitrogens with zero attached hydrogens (tertiary/aromatic N) is 2. The number of hydrogen-bond donors (Lipinski definition) is 0. The number of rotatable bonds is 8. The Hall–Kier alpha value is -1.51. The smallest absolute Gasteiger partial charge is 0.411 e. The number of piperazine rings is 1. The van der Waals surface area contributed by atoms with Gasteiger partial charge in [0.2, 0.25) is 0 Å². The average molecular weight is 409 g/mol. The average Bonchev–Trinajstić information content (AvgIpc) is 2.62. The van der Waals surface area contributed by atoms with Gasteiger partial charge in [0.25, 0.3) is 5.91 Å². The highest BCUT2D eigenvalue weighted by Gasteiger charge is 2.27. The summed E-state index contributed by atoms with van der Waals surface area (Å²) in [5.74, 6) is 0.513. The third-order valence-corrected chi connectivity index (χ3v) is 4.67. The van der Waals surface area contributed by atoms with Gasteiger partial charge in [0.15, 0.2) is 6.61 Å². The third-order valence-electron chi connectivity index (χ3n) is 4.25. The maximum Gasteiger partial charge on any atom is 0.411 e. The maximum absolute atomic E-state index is 12.3. The van der Waals surface area contributed by atoms with Crippen molar-refractivity contribution < 1.29 is 27.4 Å². The monoisotopic (exact) mass is 408 g/mol. The van der Waals surface area contributed by atoms with Gasteiger partial charge in [0.1, 0.15) is 12.4 Å². The Labute approximate surface area is 162 Å². The molecule has 0 aliphatic carbocycles. The molecule has 0 saturated carbocycles. The molecule has 2 rings (SSSR count). The number of hydrogen-bond acceptors (Lipinski definition) is 4. The number of amides is 1. The molecule has 1 fully saturated rings. The lowest BCUT2D eigenvalue weighted by molar-refractivity contribution is -0.174. The van der Waals surface area contributed by atoms with E-state index < -0.39 is 12.8 Å². The second kappa shape index (κ2) is 10.1. The molecular formula is C18H24ClF3N2O3. The lowest BCUT2D eigenvalue weighted by atomic mass is 10.2. The molecule has 0 aromatic heterocycles. The van der Waals surface area contributed by atoms with E-state index in [-0.39, 0.29) is 19.1 Å². The van der Waals surface area contributed by atoms with Crippen LogP contribution < -0.4 is 4.74 Å². The fraction of sp³-hybridized carbons (Fsp3) is 0.611. The van der Waals surface area contributed by atoms with Crippen LogP contribution in [0.2, 0.25) is 5.02 Å². The van der Waals surface area contributed by atoms with Crippen LogP contribution in [0.25, 0.3) is 0 Å². The molecule has 152 valence electrons. The Bertz CT molecular complexity index is 620. The third kappa shape index (κ3) is 7.94. The molecule has 9 heteroatoms. The van der Waals surface area contributed by atoms with Crippen molar-refractivity contribution in [2.24, 2.45) is 0 Å². The largest absolute Gasteiger partial charge is 0.484 e. The first-order valence-corrected chi connectivity index (χ1v) is 9.16. The van der Waals surface area contributed by atoms with Crippen LogP contribution in [0.5, 0.6) is 5.75 Å². The summed E-state index contributed by atoms with van der Waals surface area (Å²) in [5.41, 5.74) is 0.884. The zero-order valence-corrected chi connectivity index (χ0v) is 16.0. The predicted molar refractivity (Wildman–Crippen MR) is 96.2 cm³/mol. The molecule has 1 aliphatic rings. The molecule has 0 radical (unpaired) electrons. The fourth-order valence-electron chi connectivity index (χ4n) is 2.74. The fourth-order valence-corrected chi connectivity index (χ4v) is 2.86. The number of alkyl halides is 3. The Morgan fingerprint density at radius 1 is 1.22 bits per heavy atom. The maximum atomic E-state index is 12.3. The minimum atomic E-state index is -4.28. The van der Waals surface area contributed by atoms with Gasteiger partial charge in [-0.25, -0.2) is 0 Å². The van der Waals surface area contributed by atoms with Crippen molar-refractivity contribution in [3.8, 4) is 5.75 Å². The van der Waals surface area contributed by atoms with E-state index >= 15 is 0 Å². The van der Waals surface area contributed by atoms with Crippen molar-refractivity contribution in [1.82, 2.24) is 9.80 Å². The molecule has 1 heterocycles. The van der Waals surface area contributed by atoms with Crippen molar-refractivity contribution in [2.75, 3.05) is 52.5 Å². The van der Waals surface area contributed by atoms with Crippen molar-refractivity contribution in [2.45, 2.75) is 19.5 Å². The molecule has 0 bridgehead atoms. The van der Waals surface area contributed by atoms with Gasteiger partial charge in [-0.15, -0.1) is 0 Å². The zero-order valence-electron chi connectivity index (χ0n) is 15.2. The van der Waals surface area contributed by atoms with E-state index in [1.165, 1.54) is 0 Å². The standard InChI is InChI=1S/C18H24ClF3N2O3/c1-14-11-15(3-4-16(14)19)27-12-17(25)24-8-6-23(7-9-24)5-2-10-26-13-18(20,21)22/h3-4,11H,2,5-10,12-13H2,1H3. The number of aryl methyl sites for hydroxylation is 1. The number of benzene rings is 1. The first-order chi connectivity index (χ1) is 12.7. The summed E-state index contributed by atoms with van der Waals surface area (Å²) in [7, 11) is 0. The van der Waals surface area contributed by atoms with Crippen LogP contribution >= 0.6 is 11.6 Å². The topological polar surface area (TPSA) is 42.0 Å². The number of carbonyl (C=O) groups is 1. The SMILES string of the molecule is Cc1cc(OCC(=O)N2CCN(CCCOCC(F)(F)F)CC2)ccc1Cl. The van der Waals surface area contributed by atoms with Gasteiger partial charge in [-0.05, 0) is 37.1 Å². The van der Waals surface area contributed by atoms with Gasteiger partial charge in [-0.2, -0.15) is 13.2 Å². The molecule has 27 heavy (non-hydrogen) atoms. The summed E-state index contributed by atoms with van der Waals surface area (Å²) in [6.07, 6.45) is -3.75. The Morgan fingerprint density at radius 3 is 2.56 bits per heavy atom. The molecule has 0 atom stereocenters. The lowest BCUT2D eigenvalue weighted by Crippen LogP contribution is -2.50. The van der Waals surface area contributed by atoms with E-state index in [9.17, 15) is 18.0 Å². The first kappa shape index (κ1) is 21.8. The van der Waals surface area contributed by atoms with Gasteiger partial charge in [0, 0.05) is 44.4 Å². The van der Waals surface area contributed by atoms with Gasteiger partial charge in [-0.3, -0.25) is 9.69 Å². The Morgan fingerprint density at radius 2 is 1.93 bits per heavy atom. The molecule has 1 aromatic rings. The second-order valence-electron chi connectivity index (χ2n) is 6.44. The van der Waals surface area contributed by atoms with E-state index in [0.717, 1.165) is 5.56 Å². The molecule has 1 saturated heterocycles. The van der Waals surface area contributed by atoms with Crippen LogP contribution in [0.3, 0.4) is 0 Å². The van der Waals surface area contributed by atoms with E-state index in [4.69, 9.17) is 16.3 Å². The van der Waals surface area contributed by atoms with Crippen LogP contribution in [-0.2, 0) is 9.53 Å². The Kier molecular flexibility index (Phi) is 8.19. The normalized spacial score (nSPS) is 15.8. The Balaban J connectivity index is 1.61. The number of ether oxygens (including phenoxy) is 2. The highest BCUT2D eigenvalue weighted by Crippen LogP contribution is 2.21. The zero-order chi connectivity index (χ0) is 19.9. The van der Waals surface area contributed by atoms with Gasteiger partial charge < -0.3 is 14.4 Å². The van der Waals surface area contributed by atoms with Crippen LogP contribution in [0, 0.1) is 6.92 Å². The van der Waals surface area contributed by atoms with Gasteiger partial charge in [0.05, 0.1) is 0 Å². The van der Waals surface area contributed by atoms with E-state index in [1.54, 1.807) is 23.1 Å². The van der Waals surface area contributed by atoms with E-state index in [1.807, 2.05) is 6.92 Å². The highest BCUT2D eigenvalue weighted by atomic mass is 35.5. The van der Waals surface area contributed by atoms with Gasteiger partial charge >= 0.3 is 6.18 Å². The predicted octanol–water partition coefficient (Wildman–Crippen LogP) is 3.14. The summed E-state index contributed by atoms with van der Waals surface area (Å²) in [5, 5.41) is 0.647. The number of halogens is 4. The summed E-state index contributed by atoms with van der Waals surface area (Å²) in [6.45, 7) is 3.87.